The number of ether oxygens (including phenoxy) is 1. The van der Waals surface area contributed by atoms with E-state index in [0.717, 1.165) is 11.3 Å². The zero-order chi connectivity index (χ0) is 18.5. The Bertz CT molecular complexity index is 786. The molecule has 1 aromatic heterocycles. The molecule has 6 nitrogen and oxygen atoms in total. The molecular weight excluding hydrogens is 348 g/mol. The van der Waals surface area contributed by atoms with Crippen LogP contribution in [-0.4, -0.2) is 39.6 Å². The fourth-order valence-corrected chi connectivity index (χ4v) is 3.62. The van der Waals surface area contributed by atoms with E-state index >= 15 is 0 Å². The Kier molecular flexibility index (Phi) is 5.98. The zero-order valence-electron chi connectivity index (χ0n) is 15.1. The molecule has 2 aromatic rings. The number of carbonyl (C=O) groups is 1. The first-order valence-corrected chi connectivity index (χ1v) is 9.72. The van der Waals surface area contributed by atoms with Gasteiger partial charge in [-0.05, 0) is 37.8 Å². The van der Waals surface area contributed by atoms with E-state index in [0.29, 0.717) is 29.2 Å². The molecule has 1 amide bonds. The van der Waals surface area contributed by atoms with Crippen molar-refractivity contribution in [2.24, 2.45) is 5.92 Å². The maximum atomic E-state index is 12.2. The lowest BCUT2D eigenvalue weighted by Crippen LogP contribution is -2.35. The fourth-order valence-electron chi connectivity index (χ4n) is 2.86. The molecule has 1 N–H and O–H groups in total. The highest BCUT2D eigenvalue weighted by molar-refractivity contribution is 7.99. The topological polar surface area (TPSA) is 69.0 Å². The normalized spacial score (nSPS) is 14.7. The second-order valence-electron chi connectivity index (χ2n) is 6.39. The van der Waals surface area contributed by atoms with Gasteiger partial charge in [0.2, 0.25) is 5.91 Å². The van der Waals surface area contributed by atoms with Gasteiger partial charge in [0.1, 0.15) is 5.75 Å². The lowest BCUT2D eigenvalue weighted by molar-refractivity contribution is -0.119. The molecule has 26 heavy (non-hydrogen) atoms. The first-order valence-electron chi connectivity index (χ1n) is 8.73. The van der Waals surface area contributed by atoms with Gasteiger partial charge in [0.15, 0.2) is 11.0 Å². The molecule has 1 fully saturated rings. The molecule has 0 saturated heterocycles. The van der Waals surface area contributed by atoms with Crippen molar-refractivity contribution in [1.82, 2.24) is 20.1 Å². The van der Waals surface area contributed by atoms with Gasteiger partial charge in [-0.15, -0.1) is 16.8 Å². The largest absolute Gasteiger partial charge is 0.496 e. The highest BCUT2D eigenvalue weighted by Gasteiger charge is 2.29. The van der Waals surface area contributed by atoms with Crippen molar-refractivity contribution in [2.75, 3.05) is 12.9 Å². The van der Waals surface area contributed by atoms with Crippen LogP contribution in [0.1, 0.15) is 19.8 Å². The van der Waals surface area contributed by atoms with Crippen molar-refractivity contribution in [3.63, 3.8) is 0 Å². The minimum absolute atomic E-state index is 0.0291. The monoisotopic (exact) mass is 372 g/mol. The summed E-state index contributed by atoms with van der Waals surface area (Å²) in [6.07, 6.45) is 4.22. The van der Waals surface area contributed by atoms with Gasteiger partial charge < -0.3 is 10.1 Å². The molecule has 1 aromatic carbocycles. The average molecular weight is 372 g/mol. The molecule has 0 spiro atoms. The highest BCUT2D eigenvalue weighted by Crippen LogP contribution is 2.33. The molecule has 1 heterocycles. The van der Waals surface area contributed by atoms with Crippen LogP contribution >= 0.6 is 11.8 Å². The number of hydrogen-bond donors (Lipinski definition) is 1. The smallest absolute Gasteiger partial charge is 0.230 e. The van der Waals surface area contributed by atoms with E-state index in [1.807, 2.05) is 28.8 Å². The predicted octanol–water partition coefficient (Wildman–Crippen LogP) is 3.15. The van der Waals surface area contributed by atoms with Crippen molar-refractivity contribution in [1.29, 1.82) is 0 Å². The maximum Gasteiger partial charge on any atom is 0.230 e. The molecule has 1 atom stereocenters. The second kappa shape index (κ2) is 8.40. The summed E-state index contributed by atoms with van der Waals surface area (Å²) in [7, 11) is 1.63. The third kappa shape index (κ3) is 4.27. The number of benzene rings is 1. The molecule has 138 valence electrons. The summed E-state index contributed by atoms with van der Waals surface area (Å²) in [6.45, 7) is 6.45. The van der Waals surface area contributed by atoms with Crippen LogP contribution in [0.4, 0.5) is 0 Å². The molecule has 0 unspecified atom stereocenters. The van der Waals surface area contributed by atoms with Crippen molar-refractivity contribution < 1.29 is 9.53 Å². The van der Waals surface area contributed by atoms with Crippen molar-refractivity contribution in [3.8, 4) is 17.1 Å². The highest BCUT2D eigenvalue weighted by atomic mass is 32.2. The first kappa shape index (κ1) is 18.5. The van der Waals surface area contributed by atoms with E-state index in [4.69, 9.17) is 4.74 Å². The van der Waals surface area contributed by atoms with Crippen LogP contribution in [0, 0.1) is 5.92 Å². The van der Waals surface area contributed by atoms with Gasteiger partial charge in [0.05, 0.1) is 18.4 Å². The minimum atomic E-state index is 0.0291. The average Bonchev–Trinajstić information content (AvgIpc) is 3.43. The number of para-hydroxylation sites is 1. The number of amides is 1. The van der Waals surface area contributed by atoms with Gasteiger partial charge in [-0.1, -0.05) is 30.0 Å². The van der Waals surface area contributed by atoms with Crippen LogP contribution in [-0.2, 0) is 11.3 Å². The zero-order valence-corrected chi connectivity index (χ0v) is 16.0. The lowest BCUT2D eigenvalue weighted by atomic mass is 10.2. The van der Waals surface area contributed by atoms with E-state index in [2.05, 4.69) is 29.0 Å². The van der Waals surface area contributed by atoms with Crippen LogP contribution < -0.4 is 10.1 Å². The molecule has 0 aliphatic heterocycles. The Labute approximate surface area is 158 Å². The Morgan fingerprint density at radius 2 is 2.23 bits per heavy atom. The summed E-state index contributed by atoms with van der Waals surface area (Å²) >= 11 is 1.39. The van der Waals surface area contributed by atoms with Gasteiger partial charge in [0, 0.05) is 12.6 Å². The van der Waals surface area contributed by atoms with Crippen molar-refractivity contribution >= 4 is 17.7 Å². The molecule has 7 heteroatoms. The number of thioether (sulfide) groups is 1. The Morgan fingerprint density at radius 1 is 1.46 bits per heavy atom. The van der Waals surface area contributed by atoms with Gasteiger partial charge in [-0.2, -0.15) is 0 Å². The molecule has 0 bridgehead atoms. The maximum absolute atomic E-state index is 12.2. The SMILES string of the molecule is C=CCn1c(SCC(=O)N[C@H](C)C2CC2)nnc1-c1ccccc1OC. The summed E-state index contributed by atoms with van der Waals surface area (Å²) in [6, 6.07) is 7.93. The number of carbonyl (C=O) groups excluding carboxylic acids is 1. The number of nitrogens with zero attached hydrogens (tertiary/aromatic N) is 3. The third-order valence-electron chi connectivity index (χ3n) is 4.43. The fraction of sp³-hybridized carbons (Fsp3) is 0.421. The summed E-state index contributed by atoms with van der Waals surface area (Å²) < 4.78 is 7.39. The summed E-state index contributed by atoms with van der Waals surface area (Å²) in [5.74, 6) is 2.43. The van der Waals surface area contributed by atoms with Crippen LogP contribution in [0.25, 0.3) is 11.4 Å². The Morgan fingerprint density at radius 3 is 2.92 bits per heavy atom. The number of hydrogen-bond acceptors (Lipinski definition) is 5. The van der Waals surface area contributed by atoms with E-state index in [-0.39, 0.29) is 11.9 Å². The van der Waals surface area contributed by atoms with Crippen molar-refractivity contribution in [2.45, 2.75) is 37.5 Å². The van der Waals surface area contributed by atoms with E-state index in [1.54, 1.807) is 13.2 Å². The Hall–Kier alpha value is -2.28. The van der Waals surface area contributed by atoms with Crippen LogP contribution in [0.3, 0.4) is 0 Å². The second-order valence-corrected chi connectivity index (χ2v) is 7.33. The van der Waals surface area contributed by atoms with Gasteiger partial charge >= 0.3 is 0 Å². The van der Waals surface area contributed by atoms with Gasteiger partial charge in [-0.25, -0.2) is 0 Å². The van der Waals surface area contributed by atoms with E-state index in [1.165, 1.54) is 24.6 Å². The van der Waals surface area contributed by atoms with Crippen LogP contribution in [0.2, 0.25) is 0 Å². The molecule has 1 aliphatic carbocycles. The number of rotatable bonds is 9. The molecule has 1 saturated carbocycles. The molecule has 0 radical (unpaired) electrons. The molecular formula is C19H24N4O2S. The third-order valence-corrected chi connectivity index (χ3v) is 5.39. The standard InChI is InChI=1S/C19H24N4O2S/c1-4-11-23-18(15-7-5-6-8-16(15)25-3)21-22-19(23)26-12-17(24)20-13(2)14-9-10-14/h4-8,13-14H,1,9-12H2,2-3H3,(H,20,24)/t13-/m1/s1. The Balaban J connectivity index is 1.74. The molecule has 1 aliphatic rings. The number of nitrogens with one attached hydrogen (secondary N) is 1. The summed E-state index contributed by atoms with van der Waals surface area (Å²) in [4.78, 5) is 12.2. The number of allylic oxidation sites excluding steroid dienone is 1. The van der Waals surface area contributed by atoms with Gasteiger partial charge in [-0.3, -0.25) is 9.36 Å². The summed E-state index contributed by atoms with van der Waals surface area (Å²) in [5.41, 5.74) is 0.864. The first-order chi connectivity index (χ1) is 12.6. The van der Waals surface area contributed by atoms with E-state index < -0.39 is 0 Å². The molecule has 3 rings (SSSR count). The minimum Gasteiger partial charge on any atom is -0.496 e. The summed E-state index contributed by atoms with van der Waals surface area (Å²) in [5, 5.41) is 12.4. The quantitative estimate of drug-likeness (QED) is 0.541. The number of methoxy groups -OCH3 is 1. The van der Waals surface area contributed by atoms with E-state index in [9.17, 15) is 4.79 Å². The number of aromatic nitrogens is 3. The predicted molar refractivity (Wildman–Crippen MR) is 103 cm³/mol. The van der Waals surface area contributed by atoms with Crippen molar-refractivity contribution in [3.05, 3.63) is 36.9 Å². The van der Waals surface area contributed by atoms with Crippen LogP contribution in [0.5, 0.6) is 5.75 Å². The van der Waals surface area contributed by atoms with Gasteiger partial charge in [0.25, 0.3) is 0 Å². The lowest BCUT2D eigenvalue weighted by Gasteiger charge is -2.13. The van der Waals surface area contributed by atoms with Crippen LogP contribution in [0.15, 0.2) is 42.1 Å².